The Bertz CT molecular complexity index is 790. The lowest BCUT2D eigenvalue weighted by Gasteiger charge is -2.33. The Morgan fingerprint density at radius 2 is 1.89 bits per heavy atom. The van der Waals surface area contributed by atoms with Gasteiger partial charge in [-0.1, -0.05) is 19.1 Å². The van der Waals surface area contributed by atoms with Gasteiger partial charge >= 0.3 is 6.18 Å². The van der Waals surface area contributed by atoms with Gasteiger partial charge in [-0.05, 0) is 41.8 Å². The van der Waals surface area contributed by atoms with Gasteiger partial charge in [0.15, 0.2) is 0 Å². The summed E-state index contributed by atoms with van der Waals surface area (Å²) in [6.07, 6.45) is -4.36. The Kier molecular flexibility index (Phi) is 5.62. The molecule has 0 aromatic heterocycles. The molecule has 1 aliphatic heterocycles. The lowest BCUT2D eigenvalue weighted by atomic mass is 9.94. The van der Waals surface area contributed by atoms with E-state index in [0.717, 1.165) is 17.8 Å². The lowest BCUT2D eigenvalue weighted by Crippen LogP contribution is -2.44. The average Bonchev–Trinajstić information content (AvgIpc) is 2.66. The van der Waals surface area contributed by atoms with Crippen LogP contribution >= 0.6 is 0 Å². The molecular weight excluding hydrogens is 359 g/mol. The summed E-state index contributed by atoms with van der Waals surface area (Å²) in [5, 5.41) is 19.5. The number of ether oxygens (including phenoxy) is 1. The largest absolute Gasteiger partial charge is 0.507 e. The molecule has 0 aliphatic carbocycles. The number of hydrogen-bond acceptors (Lipinski definition) is 4. The van der Waals surface area contributed by atoms with Crippen LogP contribution in [-0.2, 0) is 17.3 Å². The normalized spacial score (nSPS) is 18.0. The third-order valence-corrected chi connectivity index (χ3v) is 4.77. The van der Waals surface area contributed by atoms with Crippen LogP contribution in [0.25, 0.3) is 11.1 Å². The highest BCUT2D eigenvalue weighted by atomic mass is 19.4. The van der Waals surface area contributed by atoms with Gasteiger partial charge in [0.2, 0.25) is 0 Å². The predicted molar refractivity (Wildman–Crippen MR) is 97.0 cm³/mol. The van der Waals surface area contributed by atoms with Crippen LogP contribution in [0.4, 0.5) is 18.9 Å². The molecule has 1 atom stereocenters. The number of halogens is 3. The molecule has 1 saturated heterocycles. The van der Waals surface area contributed by atoms with Crippen molar-refractivity contribution in [3.63, 3.8) is 0 Å². The number of nitrogens with zero attached hydrogens (tertiary/aromatic N) is 1. The monoisotopic (exact) mass is 381 g/mol. The number of aryl methyl sites for hydroxylation is 1. The minimum absolute atomic E-state index is 0.0477. The molecule has 1 fully saturated rings. The van der Waals surface area contributed by atoms with E-state index in [1.807, 2.05) is 12.1 Å². The van der Waals surface area contributed by atoms with Crippen molar-refractivity contribution in [1.82, 2.24) is 0 Å². The summed E-state index contributed by atoms with van der Waals surface area (Å²) >= 11 is 0. The highest BCUT2D eigenvalue weighted by Crippen LogP contribution is 2.40. The predicted octanol–water partition coefficient (Wildman–Crippen LogP) is 3.84. The Labute approximate surface area is 155 Å². The number of phenolic OH excluding ortho intramolecular Hbond substituents is 1. The van der Waals surface area contributed by atoms with Crippen LogP contribution in [-0.4, -0.2) is 42.6 Å². The Morgan fingerprint density at radius 3 is 2.48 bits per heavy atom. The first kappa shape index (κ1) is 19.5. The fourth-order valence-corrected chi connectivity index (χ4v) is 3.36. The number of aliphatic hydroxyl groups excluding tert-OH is 1. The zero-order valence-electron chi connectivity index (χ0n) is 15.0. The van der Waals surface area contributed by atoms with Crippen molar-refractivity contribution >= 4 is 5.69 Å². The minimum Gasteiger partial charge on any atom is -0.507 e. The number of morpholine rings is 1. The highest BCUT2D eigenvalue weighted by Gasteiger charge is 2.32. The van der Waals surface area contributed by atoms with Gasteiger partial charge in [0.1, 0.15) is 5.75 Å². The third-order valence-electron chi connectivity index (χ3n) is 4.77. The van der Waals surface area contributed by atoms with Gasteiger partial charge in [-0.3, -0.25) is 0 Å². The summed E-state index contributed by atoms with van der Waals surface area (Å²) in [6.45, 7) is 3.50. The quantitative estimate of drug-likeness (QED) is 0.845. The number of aromatic hydroxyl groups is 1. The van der Waals surface area contributed by atoms with Gasteiger partial charge in [0.25, 0.3) is 0 Å². The SMILES string of the molecule is CCc1cc(C(F)(F)F)cc(O)c1-c1ccc(N2CCO[C@H](CO)C2)cc1. The Morgan fingerprint density at radius 1 is 1.19 bits per heavy atom. The first-order valence-corrected chi connectivity index (χ1v) is 8.84. The molecule has 0 spiro atoms. The summed E-state index contributed by atoms with van der Waals surface area (Å²) in [4.78, 5) is 2.08. The van der Waals surface area contributed by atoms with E-state index >= 15 is 0 Å². The number of benzene rings is 2. The van der Waals surface area contributed by atoms with E-state index in [-0.39, 0.29) is 18.5 Å². The number of phenols is 1. The van der Waals surface area contributed by atoms with E-state index in [1.165, 1.54) is 0 Å². The molecular formula is C20H22F3NO3. The van der Waals surface area contributed by atoms with Gasteiger partial charge in [-0.2, -0.15) is 13.2 Å². The first-order chi connectivity index (χ1) is 12.8. The zero-order chi connectivity index (χ0) is 19.6. The zero-order valence-corrected chi connectivity index (χ0v) is 15.0. The molecule has 0 bridgehead atoms. The number of hydrogen-bond donors (Lipinski definition) is 2. The number of alkyl halides is 3. The maximum Gasteiger partial charge on any atom is 0.416 e. The van der Waals surface area contributed by atoms with E-state index < -0.39 is 11.7 Å². The molecule has 2 aromatic rings. The van der Waals surface area contributed by atoms with Crippen LogP contribution in [0.5, 0.6) is 5.75 Å². The molecule has 3 rings (SSSR count). The first-order valence-electron chi connectivity index (χ1n) is 8.84. The Hall–Kier alpha value is -2.25. The number of rotatable bonds is 4. The summed E-state index contributed by atoms with van der Waals surface area (Å²) in [6, 6.07) is 9.19. The van der Waals surface area contributed by atoms with Crippen molar-refractivity contribution in [1.29, 1.82) is 0 Å². The topological polar surface area (TPSA) is 52.9 Å². The van der Waals surface area contributed by atoms with E-state index in [4.69, 9.17) is 4.74 Å². The summed E-state index contributed by atoms with van der Waals surface area (Å²) in [7, 11) is 0. The molecule has 2 aromatic carbocycles. The van der Waals surface area contributed by atoms with E-state index in [2.05, 4.69) is 4.90 Å². The molecule has 27 heavy (non-hydrogen) atoms. The molecule has 0 unspecified atom stereocenters. The van der Waals surface area contributed by atoms with Crippen LogP contribution in [0.2, 0.25) is 0 Å². The molecule has 1 aliphatic rings. The van der Waals surface area contributed by atoms with Crippen molar-refractivity contribution in [2.24, 2.45) is 0 Å². The van der Waals surface area contributed by atoms with Gasteiger partial charge in [-0.25, -0.2) is 0 Å². The second-order valence-electron chi connectivity index (χ2n) is 6.55. The van der Waals surface area contributed by atoms with E-state index in [0.29, 0.717) is 42.8 Å². The van der Waals surface area contributed by atoms with Crippen LogP contribution in [0.15, 0.2) is 36.4 Å². The molecule has 1 heterocycles. The molecule has 0 amide bonds. The molecule has 7 heteroatoms. The standard InChI is InChI=1S/C20H22F3NO3/c1-2-13-9-15(20(21,22)23)10-18(26)19(13)14-3-5-16(6-4-14)24-7-8-27-17(11-24)12-25/h3-6,9-10,17,25-26H,2,7-8,11-12H2,1H3/t17-/m0/s1. The summed E-state index contributed by atoms with van der Waals surface area (Å²) in [5.74, 6) is -0.374. The molecule has 0 saturated carbocycles. The van der Waals surface area contributed by atoms with E-state index in [9.17, 15) is 23.4 Å². The van der Waals surface area contributed by atoms with Crippen molar-refractivity contribution in [2.75, 3.05) is 31.2 Å². The molecule has 0 radical (unpaired) electrons. The van der Waals surface area contributed by atoms with Crippen LogP contribution < -0.4 is 4.90 Å². The van der Waals surface area contributed by atoms with Gasteiger partial charge in [0, 0.05) is 24.3 Å². The molecule has 146 valence electrons. The number of aliphatic hydroxyl groups is 1. The van der Waals surface area contributed by atoms with Crippen molar-refractivity contribution in [3.05, 3.63) is 47.5 Å². The van der Waals surface area contributed by atoms with E-state index in [1.54, 1.807) is 19.1 Å². The van der Waals surface area contributed by atoms with Gasteiger partial charge in [-0.15, -0.1) is 0 Å². The second kappa shape index (κ2) is 7.78. The smallest absolute Gasteiger partial charge is 0.416 e. The lowest BCUT2D eigenvalue weighted by molar-refractivity contribution is -0.137. The van der Waals surface area contributed by atoms with Crippen molar-refractivity contribution in [2.45, 2.75) is 25.6 Å². The fraction of sp³-hybridized carbons (Fsp3) is 0.400. The fourth-order valence-electron chi connectivity index (χ4n) is 3.36. The second-order valence-corrected chi connectivity index (χ2v) is 6.55. The minimum atomic E-state index is -4.50. The van der Waals surface area contributed by atoms with Crippen LogP contribution in [0, 0.1) is 0 Å². The van der Waals surface area contributed by atoms with Crippen LogP contribution in [0.3, 0.4) is 0 Å². The van der Waals surface area contributed by atoms with Crippen molar-refractivity contribution in [3.8, 4) is 16.9 Å². The summed E-state index contributed by atoms with van der Waals surface area (Å²) in [5.41, 5.74) is 1.62. The summed E-state index contributed by atoms with van der Waals surface area (Å²) < 4.78 is 44.4. The van der Waals surface area contributed by atoms with Crippen LogP contribution in [0.1, 0.15) is 18.1 Å². The van der Waals surface area contributed by atoms with Gasteiger partial charge in [0.05, 0.1) is 24.9 Å². The third kappa shape index (κ3) is 4.20. The highest BCUT2D eigenvalue weighted by molar-refractivity contribution is 5.76. The van der Waals surface area contributed by atoms with Gasteiger partial charge < -0.3 is 19.8 Å². The number of anilines is 1. The molecule has 4 nitrogen and oxygen atoms in total. The maximum atomic E-state index is 13.0. The molecule has 2 N–H and O–H groups in total. The maximum absolute atomic E-state index is 13.0. The average molecular weight is 381 g/mol. The van der Waals surface area contributed by atoms with Crippen molar-refractivity contribution < 1.29 is 28.1 Å². The Balaban J connectivity index is 1.91.